The van der Waals surface area contributed by atoms with Crippen LogP contribution in [0.15, 0.2) is 41.1 Å². The summed E-state index contributed by atoms with van der Waals surface area (Å²) in [6, 6.07) is 10.00. The molecule has 0 N–H and O–H groups in total. The van der Waals surface area contributed by atoms with Gasteiger partial charge in [-0.05, 0) is 24.6 Å². The third-order valence-electron chi connectivity index (χ3n) is 3.74. The molecule has 0 spiro atoms. The van der Waals surface area contributed by atoms with E-state index in [0.717, 1.165) is 33.6 Å². The Morgan fingerprint density at radius 1 is 1.22 bits per heavy atom. The number of benzene rings is 1. The molecule has 0 aliphatic rings. The van der Waals surface area contributed by atoms with Gasteiger partial charge in [0.1, 0.15) is 5.76 Å². The molecule has 2 aromatic heterocycles. The van der Waals surface area contributed by atoms with Crippen LogP contribution in [0.2, 0.25) is 0 Å². The van der Waals surface area contributed by atoms with E-state index in [1.54, 1.807) is 0 Å². The van der Waals surface area contributed by atoms with Crippen molar-refractivity contribution in [3.63, 3.8) is 0 Å². The molecule has 0 bridgehead atoms. The van der Waals surface area contributed by atoms with Crippen molar-refractivity contribution in [1.82, 2.24) is 9.97 Å². The molecule has 1 atom stereocenters. The number of para-hydroxylation sites is 1. The van der Waals surface area contributed by atoms with Crippen LogP contribution in [0, 0.1) is 6.92 Å². The summed E-state index contributed by atoms with van der Waals surface area (Å²) in [7, 11) is -1.04. The van der Waals surface area contributed by atoms with Crippen molar-refractivity contribution in [2.45, 2.75) is 38.2 Å². The van der Waals surface area contributed by atoms with Gasteiger partial charge in [-0.3, -0.25) is 9.19 Å². The second kappa shape index (κ2) is 6.62. The maximum atomic E-state index is 12.6. The minimum absolute atomic E-state index is 0.244. The first-order valence-electron chi connectivity index (χ1n) is 7.67. The highest BCUT2D eigenvalue weighted by molar-refractivity contribution is 7.83. The van der Waals surface area contributed by atoms with Crippen molar-refractivity contribution in [3.8, 4) is 0 Å². The van der Waals surface area contributed by atoms with Crippen molar-refractivity contribution < 1.29 is 8.63 Å². The van der Waals surface area contributed by atoms with Gasteiger partial charge in [0, 0.05) is 33.6 Å². The zero-order valence-corrected chi connectivity index (χ0v) is 14.4. The van der Waals surface area contributed by atoms with Crippen LogP contribution in [0.1, 0.15) is 42.5 Å². The van der Waals surface area contributed by atoms with E-state index >= 15 is 0 Å². The van der Waals surface area contributed by atoms with Crippen molar-refractivity contribution >= 4 is 21.7 Å². The number of aromatic nitrogens is 2. The second-order valence-electron chi connectivity index (χ2n) is 5.99. The number of fused-ring (bicyclic) bond motifs is 1. The molecule has 0 radical (unpaired) electrons. The average molecular weight is 328 g/mol. The van der Waals surface area contributed by atoms with E-state index < -0.39 is 10.8 Å². The largest absolute Gasteiger partial charge is 0.448 e. The molecule has 1 aromatic carbocycles. The predicted octanol–water partition coefficient (Wildman–Crippen LogP) is 4.10. The molecular weight excluding hydrogens is 308 g/mol. The Bertz CT molecular complexity index is 855. The average Bonchev–Trinajstić information content (AvgIpc) is 2.95. The zero-order chi connectivity index (χ0) is 16.4. The molecule has 120 valence electrons. The summed E-state index contributed by atoms with van der Waals surface area (Å²) >= 11 is 0. The molecule has 3 rings (SSSR count). The van der Waals surface area contributed by atoms with Crippen LogP contribution in [0.25, 0.3) is 10.9 Å². The van der Waals surface area contributed by atoms with Gasteiger partial charge in [0.05, 0.1) is 17.0 Å². The third-order valence-corrected chi connectivity index (χ3v) is 4.97. The first kappa shape index (κ1) is 15.9. The van der Waals surface area contributed by atoms with Crippen LogP contribution >= 0.6 is 0 Å². The molecule has 1 unspecified atom stereocenters. The number of oxazole rings is 1. The summed E-state index contributed by atoms with van der Waals surface area (Å²) in [5, 5.41) is 1.07. The van der Waals surface area contributed by atoms with Gasteiger partial charge in [-0.2, -0.15) is 0 Å². The summed E-state index contributed by atoms with van der Waals surface area (Å²) in [5.41, 5.74) is 3.76. The summed E-state index contributed by atoms with van der Waals surface area (Å²) in [5.74, 6) is 1.98. The van der Waals surface area contributed by atoms with Gasteiger partial charge in [-0.25, -0.2) is 4.98 Å². The highest BCUT2D eigenvalue weighted by Crippen LogP contribution is 2.23. The summed E-state index contributed by atoms with van der Waals surface area (Å²) < 4.78 is 18.0. The highest BCUT2D eigenvalue weighted by Gasteiger charge is 2.16. The molecule has 0 amide bonds. The number of hydrogen-bond acceptors (Lipinski definition) is 4. The molecule has 4 nitrogen and oxygen atoms in total. The van der Waals surface area contributed by atoms with Gasteiger partial charge in [-0.1, -0.05) is 32.0 Å². The lowest BCUT2D eigenvalue weighted by Gasteiger charge is -2.08. The smallest absolute Gasteiger partial charge is 0.181 e. The first-order valence-corrected chi connectivity index (χ1v) is 9.16. The summed E-state index contributed by atoms with van der Waals surface area (Å²) in [4.78, 5) is 8.76. The van der Waals surface area contributed by atoms with E-state index in [1.165, 1.54) is 6.39 Å². The standard InChI is InChI=1S/C18H20N2O2S/c1-12(2)18-17(19-11-22-18)10-23(21)9-14-8-13(3)20-16-7-5-4-6-15(14)16/h4-8,11-12H,9-10H2,1-3H3. The Hall–Kier alpha value is -2.01. The zero-order valence-electron chi connectivity index (χ0n) is 13.6. The maximum Gasteiger partial charge on any atom is 0.181 e. The fraction of sp³-hybridized carbons (Fsp3) is 0.333. The van der Waals surface area contributed by atoms with Gasteiger partial charge in [0.15, 0.2) is 6.39 Å². The Morgan fingerprint density at radius 3 is 2.78 bits per heavy atom. The number of nitrogens with zero attached hydrogens (tertiary/aromatic N) is 2. The van der Waals surface area contributed by atoms with E-state index in [2.05, 4.69) is 9.97 Å². The Morgan fingerprint density at radius 2 is 2.00 bits per heavy atom. The van der Waals surface area contributed by atoms with E-state index in [9.17, 15) is 4.21 Å². The van der Waals surface area contributed by atoms with Gasteiger partial charge >= 0.3 is 0 Å². The van der Waals surface area contributed by atoms with Crippen molar-refractivity contribution in [2.75, 3.05) is 0 Å². The molecule has 0 aliphatic heterocycles. The van der Waals surface area contributed by atoms with Crippen molar-refractivity contribution in [2.24, 2.45) is 0 Å². The normalized spacial score (nSPS) is 12.9. The van der Waals surface area contributed by atoms with E-state index in [-0.39, 0.29) is 5.92 Å². The van der Waals surface area contributed by atoms with Gasteiger partial charge in [-0.15, -0.1) is 0 Å². The third kappa shape index (κ3) is 3.50. The Kier molecular flexibility index (Phi) is 4.57. The number of hydrogen-bond donors (Lipinski definition) is 0. The predicted molar refractivity (Wildman–Crippen MR) is 92.6 cm³/mol. The lowest BCUT2D eigenvalue weighted by Crippen LogP contribution is -2.04. The van der Waals surface area contributed by atoms with E-state index in [1.807, 2.05) is 51.1 Å². The molecule has 2 heterocycles. The molecule has 3 aromatic rings. The van der Waals surface area contributed by atoms with Crippen LogP contribution < -0.4 is 0 Å². The minimum Gasteiger partial charge on any atom is -0.448 e. The molecule has 23 heavy (non-hydrogen) atoms. The molecule has 0 saturated carbocycles. The lowest BCUT2D eigenvalue weighted by atomic mass is 10.1. The lowest BCUT2D eigenvalue weighted by molar-refractivity contribution is 0.480. The van der Waals surface area contributed by atoms with Crippen LogP contribution in [0.4, 0.5) is 0 Å². The summed E-state index contributed by atoms with van der Waals surface area (Å²) in [6.07, 6.45) is 1.44. The molecular formula is C18H20N2O2S. The van der Waals surface area contributed by atoms with Crippen molar-refractivity contribution in [3.05, 3.63) is 59.4 Å². The van der Waals surface area contributed by atoms with E-state index in [4.69, 9.17) is 4.42 Å². The van der Waals surface area contributed by atoms with Crippen LogP contribution in [-0.4, -0.2) is 14.2 Å². The van der Waals surface area contributed by atoms with Crippen LogP contribution in [0.3, 0.4) is 0 Å². The van der Waals surface area contributed by atoms with Crippen LogP contribution in [-0.2, 0) is 22.3 Å². The Labute approximate surface area is 138 Å². The molecule has 0 saturated heterocycles. The Balaban J connectivity index is 1.84. The molecule has 0 aliphatic carbocycles. The fourth-order valence-electron chi connectivity index (χ4n) is 2.75. The topological polar surface area (TPSA) is 56.0 Å². The SMILES string of the molecule is Cc1cc(CS(=O)Cc2ncoc2C(C)C)c2ccccc2n1. The van der Waals surface area contributed by atoms with Gasteiger partial charge in [0.2, 0.25) is 0 Å². The molecule has 5 heteroatoms. The van der Waals surface area contributed by atoms with Crippen LogP contribution in [0.5, 0.6) is 0 Å². The monoisotopic (exact) mass is 328 g/mol. The highest BCUT2D eigenvalue weighted by atomic mass is 32.2. The number of aryl methyl sites for hydroxylation is 1. The van der Waals surface area contributed by atoms with Gasteiger partial charge in [0.25, 0.3) is 0 Å². The minimum atomic E-state index is -1.04. The number of rotatable bonds is 5. The second-order valence-corrected chi connectivity index (χ2v) is 7.44. The fourth-order valence-corrected chi connectivity index (χ4v) is 3.96. The summed E-state index contributed by atoms with van der Waals surface area (Å²) in [6.45, 7) is 6.06. The number of pyridine rings is 1. The van der Waals surface area contributed by atoms with E-state index in [0.29, 0.717) is 11.5 Å². The van der Waals surface area contributed by atoms with Gasteiger partial charge < -0.3 is 4.42 Å². The van der Waals surface area contributed by atoms with Crippen molar-refractivity contribution in [1.29, 1.82) is 0 Å². The first-order chi connectivity index (χ1) is 11.0. The quantitative estimate of drug-likeness (QED) is 0.707. The molecule has 0 fully saturated rings. The maximum absolute atomic E-state index is 12.6.